The van der Waals surface area contributed by atoms with Crippen LogP contribution in [0.5, 0.6) is 5.75 Å². The molecule has 0 spiro atoms. The van der Waals surface area contributed by atoms with E-state index in [0.29, 0.717) is 26.1 Å². The first-order valence-electron chi connectivity index (χ1n) is 11.6. The number of carbonyl (C=O) groups is 1. The van der Waals surface area contributed by atoms with Gasteiger partial charge < -0.3 is 15.4 Å². The maximum atomic E-state index is 14.7. The summed E-state index contributed by atoms with van der Waals surface area (Å²) in [4.78, 5) is 17.8. The van der Waals surface area contributed by atoms with Gasteiger partial charge in [0.05, 0.1) is 22.7 Å². The lowest BCUT2D eigenvalue weighted by Crippen LogP contribution is -2.51. The van der Waals surface area contributed by atoms with E-state index in [-0.39, 0.29) is 26.4 Å². The van der Waals surface area contributed by atoms with Crippen LogP contribution in [0.3, 0.4) is 0 Å². The van der Waals surface area contributed by atoms with Crippen LogP contribution in [0.25, 0.3) is 5.57 Å². The minimum Gasteiger partial charge on any atom is -0.429 e. The normalized spacial score (nSPS) is 15.3. The summed E-state index contributed by atoms with van der Waals surface area (Å²) in [7, 11) is 0.694. The first-order valence-corrected chi connectivity index (χ1v) is 12.0. The fourth-order valence-corrected chi connectivity index (χ4v) is 4.10. The van der Waals surface area contributed by atoms with E-state index in [9.17, 15) is 49.6 Å². The van der Waals surface area contributed by atoms with Crippen LogP contribution < -0.4 is 10.5 Å². The highest BCUT2D eigenvalue weighted by molar-refractivity contribution is 6.34. The molecule has 0 unspecified atom stereocenters. The molecule has 0 saturated heterocycles. The minimum atomic E-state index is -6.70. The highest BCUT2D eigenvalue weighted by Gasteiger charge is 2.76. The number of halogens is 10. The van der Waals surface area contributed by atoms with Gasteiger partial charge in [-0.25, -0.2) is 14.1 Å². The first kappa shape index (κ1) is 33.1. The predicted molar refractivity (Wildman–Crippen MR) is 131 cm³/mol. The Labute approximate surface area is 241 Å². The van der Waals surface area contributed by atoms with Crippen LogP contribution >= 0.6 is 11.6 Å². The van der Waals surface area contributed by atoms with Gasteiger partial charge in [0.15, 0.2) is 17.3 Å². The second-order valence-electron chi connectivity index (χ2n) is 8.93. The highest BCUT2D eigenvalue weighted by Crippen LogP contribution is 2.56. The van der Waals surface area contributed by atoms with Crippen molar-refractivity contribution in [3.05, 3.63) is 46.2 Å². The van der Waals surface area contributed by atoms with E-state index < -0.39 is 59.9 Å². The van der Waals surface area contributed by atoms with Crippen molar-refractivity contribution in [3.63, 3.8) is 0 Å². The molecule has 230 valence electrons. The van der Waals surface area contributed by atoms with Crippen molar-refractivity contribution in [2.45, 2.75) is 43.0 Å². The molecule has 1 amide bonds. The predicted octanol–water partition coefficient (Wildman–Crippen LogP) is 5.69. The van der Waals surface area contributed by atoms with Crippen molar-refractivity contribution < 1.29 is 49.0 Å². The maximum Gasteiger partial charge on any atom is 0.437 e. The van der Waals surface area contributed by atoms with E-state index in [1.54, 1.807) is 6.07 Å². The molecule has 0 aliphatic heterocycles. The Balaban J connectivity index is 2.10. The van der Waals surface area contributed by atoms with E-state index in [2.05, 4.69) is 14.8 Å². The van der Waals surface area contributed by atoms with Gasteiger partial charge in [0.25, 0.3) is 5.91 Å². The zero-order valence-electron chi connectivity index (χ0n) is 21.4. The summed E-state index contributed by atoms with van der Waals surface area (Å²) in [6, 6.07) is 7.35. The van der Waals surface area contributed by atoms with Crippen LogP contribution in [-0.2, 0) is 12.7 Å². The number of hydrogen-bond donors (Lipinski definition) is 1. The molecule has 3 rings (SSSR count). The van der Waals surface area contributed by atoms with Crippen molar-refractivity contribution >= 4 is 35.1 Å². The highest BCUT2D eigenvalue weighted by atomic mass is 35.5. The van der Waals surface area contributed by atoms with E-state index in [4.69, 9.17) is 22.6 Å². The Kier molecular flexibility index (Phi) is 8.97. The number of alkyl halides is 9. The number of allylic oxidation sites excluding steroid dienone is 1. The number of nitrogens with two attached hydrogens (primary N) is 1. The number of aromatic nitrogens is 2. The third-order valence-electron chi connectivity index (χ3n) is 6.25. The summed E-state index contributed by atoms with van der Waals surface area (Å²) >= 11 is 6.16. The summed E-state index contributed by atoms with van der Waals surface area (Å²) in [6.45, 7) is -4.48. The third kappa shape index (κ3) is 6.05. The molecule has 43 heavy (non-hydrogen) atoms. The number of aryl methyl sites for hydroxylation is 1. The molecular formula is C24H17ClF9N7O2. The second kappa shape index (κ2) is 11.7. The van der Waals surface area contributed by atoms with Crippen LogP contribution in [0, 0.1) is 22.7 Å². The molecule has 19 heteroatoms. The Hall–Kier alpha value is -4.45. The molecule has 1 aromatic heterocycles. The number of nitrogens with zero attached hydrogens (tertiary/aromatic N) is 6. The van der Waals surface area contributed by atoms with E-state index in [0.717, 1.165) is 17.2 Å². The second-order valence-corrected chi connectivity index (χ2v) is 9.33. The van der Waals surface area contributed by atoms with Gasteiger partial charge in [-0.05, 0) is 30.5 Å². The van der Waals surface area contributed by atoms with Gasteiger partial charge in [0.1, 0.15) is 12.1 Å². The van der Waals surface area contributed by atoms with Crippen LogP contribution in [0.1, 0.15) is 34.5 Å². The number of amides is 1. The summed E-state index contributed by atoms with van der Waals surface area (Å²) in [5.74, 6) is -3.95. The molecule has 1 heterocycles. The molecule has 2 aromatic rings. The molecule has 1 aliphatic rings. The largest absolute Gasteiger partial charge is 0.437 e. The fourth-order valence-electron chi connectivity index (χ4n) is 3.90. The average molecular weight is 642 g/mol. The molecule has 1 fully saturated rings. The lowest BCUT2D eigenvalue weighted by Gasteiger charge is -2.28. The zero-order chi connectivity index (χ0) is 32.5. The Morgan fingerprint density at radius 2 is 1.84 bits per heavy atom. The number of nitriles is 2. The van der Waals surface area contributed by atoms with Gasteiger partial charge in [-0.15, -0.1) is 0 Å². The number of hydrogen-bond acceptors (Lipinski definition) is 7. The Morgan fingerprint density at radius 1 is 1.23 bits per heavy atom. The summed E-state index contributed by atoms with van der Waals surface area (Å²) in [5.41, 5.74) is -4.81. The quantitative estimate of drug-likeness (QED) is 0.213. The Bertz CT molecular complexity index is 1530. The third-order valence-corrected chi connectivity index (χ3v) is 6.58. The standard InChI is InChI=1S/C24H17ClF9N7O2/c1-40-18(16(43-20(26)27)17(39-40)22(28,23(29,30)31)24(32,33)34)38-10-13(9-36)12-2-3-15(25)14(8-12)19(42)41(7-6-35)21(11-37)4-5-21/h2-3,8-10,20H,4-5,7,36H2,1H3. The van der Waals surface area contributed by atoms with Crippen molar-refractivity contribution in [2.75, 3.05) is 6.54 Å². The van der Waals surface area contributed by atoms with E-state index in [1.165, 1.54) is 12.1 Å². The lowest BCUT2D eigenvalue weighted by molar-refractivity contribution is -0.350. The topological polar surface area (TPSA) is 133 Å². The van der Waals surface area contributed by atoms with Crippen LogP contribution in [0.15, 0.2) is 29.4 Å². The van der Waals surface area contributed by atoms with Crippen LogP contribution in [-0.4, -0.2) is 57.8 Å². The smallest absolute Gasteiger partial charge is 0.429 e. The van der Waals surface area contributed by atoms with Crippen molar-refractivity contribution in [2.24, 2.45) is 17.8 Å². The van der Waals surface area contributed by atoms with Gasteiger partial charge in [0.2, 0.25) is 0 Å². The van der Waals surface area contributed by atoms with Crippen LogP contribution in [0.4, 0.5) is 45.3 Å². The number of rotatable bonds is 9. The summed E-state index contributed by atoms with van der Waals surface area (Å²) in [5, 5.41) is 21.3. The first-order chi connectivity index (χ1) is 19.9. The van der Waals surface area contributed by atoms with Gasteiger partial charge in [0, 0.05) is 25.0 Å². The summed E-state index contributed by atoms with van der Waals surface area (Å²) in [6.07, 6.45) is -11.3. The van der Waals surface area contributed by atoms with Crippen molar-refractivity contribution in [1.82, 2.24) is 14.7 Å². The summed E-state index contributed by atoms with van der Waals surface area (Å²) < 4.78 is 125. The molecule has 2 N–H and O–H groups in total. The molecule has 9 nitrogen and oxygen atoms in total. The zero-order valence-corrected chi connectivity index (χ0v) is 22.2. The SMILES string of the molecule is Cn1nc(C(F)(C(F)(F)F)C(F)(F)F)c(OC(F)F)c1N=CC(=CN)c1ccc(Cl)c(C(=O)N(CC#N)C2(C#N)CC2)c1. The number of aliphatic imine (C=N–C) groups is 1. The minimum absolute atomic E-state index is 0.0156. The molecule has 1 aliphatic carbocycles. The molecule has 0 atom stereocenters. The van der Waals surface area contributed by atoms with Gasteiger partial charge >= 0.3 is 24.6 Å². The average Bonchev–Trinajstić information content (AvgIpc) is 3.65. The molecule has 0 bridgehead atoms. The number of carbonyl (C=O) groups excluding carboxylic acids is 1. The van der Waals surface area contributed by atoms with E-state index >= 15 is 0 Å². The van der Waals surface area contributed by atoms with Gasteiger partial charge in [-0.2, -0.15) is 50.7 Å². The lowest BCUT2D eigenvalue weighted by atomic mass is 9.99. The monoisotopic (exact) mass is 641 g/mol. The van der Waals surface area contributed by atoms with Crippen molar-refractivity contribution in [1.29, 1.82) is 10.5 Å². The van der Waals surface area contributed by atoms with Gasteiger partial charge in [-0.1, -0.05) is 17.7 Å². The van der Waals surface area contributed by atoms with Crippen LogP contribution in [0.2, 0.25) is 5.02 Å². The number of benzene rings is 1. The molecule has 1 aromatic carbocycles. The van der Waals surface area contributed by atoms with Gasteiger partial charge in [-0.3, -0.25) is 4.79 Å². The molecule has 1 saturated carbocycles. The fraction of sp³-hybridized carbons (Fsp3) is 0.375. The molecule has 0 radical (unpaired) electrons. The molecular weight excluding hydrogens is 625 g/mol. The number of ether oxygens (including phenoxy) is 1. The van der Waals surface area contributed by atoms with E-state index in [1.807, 2.05) is 6.07 Å². The maximum absolute atomic E-state index is 14.7. The van der Waals surface area contributed by atoms with Crippen molar-refractivity contribution in [3.8, 4) is 17.9 Å². The Morgan fingerprint density at radius 3 is 2.30 bits per heavy atom.